The molecule has 2 aromatic carbocycles. The fourth-order valence-corrected chi connectivity index (χ4v) is 1.70. The van der Waals surface area contributed by atoms with Crippen LogP contribution >= 0.6 is 0 Å². The number of aliphatic carboxylic acids is 1. The molecule has 0 aromatic heterocycles. The number of carboxylic acid groups (broad SMARTS) is 1. The number of hydrogen-bond donors (Lipinski definition) is 1. The van der Waals surface area contributed by atoms with Gasteiger partial charge in [0.2, 0.25) is 6.10 Å². The number of ether oxygens (including phenoxy) is 1. The molecule has 0 amide bonds. The Morgan fingerprint density at radius 3 is 2.28 bits per heavy atom. The Balaban J connectivity index is 2.28. The van der Waals surface area contributed by atoms with E-state index in [9.17, 15) is 9.90 Å². The summed E-state index contributed by atoms with van der Waals surface area (Å²) in [5.41, 5.74) is 1.55. The standard InChI is InChI=1S/C15H14O3/c1-11-7-5-6-10-13(11)18-14(15(16)17)12-8-3-2-4-9-12/h2-10,14H,1H3,(H,16,17)/t14-/m1/s1. The van der Waals surface area contributed by atoms with Gasteiger partial charge in [-0.3, -0.25) is 0 Å². The molecule has 0 saturated heterocycles. The van der Waals surface area contributed by atoms with Gasteiger partial charge in [0.25, 0.3) is 0 Å². The van der Waals surface area contributed by atoms with E-state index >= 15 is 0 Å². The first-order valence-corrected chi connectivity index (χ1v) is 5.68. The van der Waals surface area contributed by atoms with Crippen LogP contribution in [0.2, 0.25) is 0 Å². The smallest absolute Gasteiger partial charge is 0.349 e. The lowest BCUT2D eigenvalue weighted by Crippen LogP contribution is -2.18. The van der Waals surface area contributed by atoms with Crippen LogP contribution in [0.4, 0.5) is 0 Å². The minimum atomic E-state index is -0.996. The zero-order chi connectivity index (χ0) is 13.0. The summed E-state index contributed by atoms with van der Waals surface area (Å²) in [6, 6.07) is 16.3. The molecule has 0 spiro atoms. The maximum absolute atomic E-state index is 11.3. The molecular formula is C15H14O3. The van der Waals surface area contributed by atoms with Crippen molar-refractivity contribution in [3.05, 3.63) is 65.7 Å². The van der Waals surface area contributed by atoms with Gasteiger partial charge < -0.3 is 9.84 Å². The van der Waals surface area contributed by atoms with Gasteiger partial charge in [-0.1, -0.05) is 48.5 Å². The molecule has 92 valence electrons. The molecule has 0 aliphatic rings. The highest BCUT2D eigenvalue weighted by atomic mass is 16.5. The second-order valence-electron chi connectivity index (χ2n) is 4.01. The van der Waals surface area contributed by atoms with E-state index in [4.69, 9.17) is 4.74 Å². The van der Waals surface area contributed by atoms with Crippen LogP contribution in [-0.2, 0) is 4.79 Å². The molecule has 3 nitrogen and oxygen atoms in total. The van der Waals surface area contributed by atoms with Gasteiger partial charge in [-0.05, 0) is 18.6 Å². The number of benzene rings is 2. The molecule has 1 atom stereocenters. The van der Waals surface area contributed by atoms with Crippen LogP contribution in [0.15, 0.2) is 54.6 Å². The molecule has 0 radical (unpaired) electrons. The fourth-order valence-electron chi connectivity index (χ4n) is 1.70. The van der Waals surface area contributed by atoms with Crippen molar-refractivity contribution in [3.8, 4) is 5.75 Å². The Hall–Kier alpha value is -2.29. The fraction of sp³-hybridized carbons (Fsp3) is 0.133. The Morgan fingerprint density at radius 1 is 1.06 bits per heavy atom. The Bertz CT molecular complexity index is 534. The van der Waals surface area contributed by atoms with E-state index in [0.717, 1.165) is 5.56 Å². The molecule has 0 bridgehead atoms. The summed E-state index contributed by atoms with van der Waals surface area (Å²) in [6.07, 6.45) is -0.979. The molecule has 0 aliphatic heterocycles. The first kappa shape index (κ1) is 12.2. The summed E-state index contributed by atoms with van der Waals surface area (Å²) in [5, 5.41) is 9.25. The topological polar surface area (TPSA) is 46.5 Å². The van der Waals surface area contributed by atoms with Crippen LogP contribution in [0, 0.1) is 6.92 Å². The lowest BCUT2D eigenvalue weighted by atomic mass is 10.1. The Labute approximate surface area is 106 Å². The lowest BCUT2D eigenvalue weighted by Gasteiger charge is -2.16. The molecule has 3 heteroatoms. The van der Waals surface area contributed by atoms with Crippen LogP contribution in [0.25, 0.3) is 0 Å². The number of para-hydroxylation sites is 1. The second-order valence-corrected chi connectivity index (χ2v) is 4.01. The van der Waals surface area contributed by atoms with Crippen LogP contribution in [0.1, 0.15) is 17.2 Å². The van der Waals surface area contributed by atoms with E-state index in [1.54, 1.807) is 30.3 Å². The number of rotatable bonds is 4. The van der Waals surface area contributed by atoms with E-state index in [-0.39, 0.29) is 0 Å². The Morgan fingerprint density at radius 2 is 1.67 bits per heavy atom. The van der Waals surface area contributed by atoms with Crippen LogP contribution < -0.4 is 4.74 Å². The second kappa shape index (κ2) is 5.36. The average molecular weight is 242 g/mol. The van der Waals surface area contributed by atoms with Gasteiger partial charge in [-0.2, -0.15) is 0 Å². The van der Waals surface area contributed by atoms with E-state index < -0.39 is 12.1 Å². The van der Waals surface area contributed by atoms with Crippen molar-refractivity contribution >= 4 is 5.97 Å². The largest absolute Gasteiger partial charge is 0.478 e. The van der Waals surface area contributed by atoms with Crippen molar-refractivity contribution in [2.75, 3.05) is 0 Å². The molecule has 0 unspecified atom stereocenters. The van der Waals surface area contributed by atoms with Crippen molar-refractivity contribution in [3.63, 3.8) is 0 Å². The molecular weight excluding hydrogens is 228 g/mol. The minimum Gasteiger partial charge on any atom is -0.478 e. The van der Waals surface area contributed by atoms with Gasteiger partial charge in [-0.25, -0.2) is 4.79 Å². The monoisotopic (exact) mass is 242 g/mol. The minimum absolute atomic E-state index is 0.591. The van der Waals surface area contributed by atoms with Gasteiger partial charge in [0.1, 0.15) is 5.75 Å². The summed E-state index contributed by atoms with van der Waals surface area (Å²) < 4.78 is 5.59. The summed E-state index contributed by atoms with van der Waals surface area (Å²) in [6.45, 7) is 1.89. The van der Waals surface area contributed by atoms with E-state index in [2.05, 4.69) is 0 Å². The third-order valence-electron chi connectivity index (χ3n) is 2.67. The van der Waals surface area contributed by atoms with Gasteiger partial charge in [-0.15, -0.1) is 0 Å². The van der Waals surface area contributed by atoms with Crippen molar-refractivity contribution < 1.29 is 14.6 Å². The van der Waals surface area contributed by atoms with Gasteiger partial charge in [0.05, 0.1) is 0 Å². The molecule has 0 heterocycles. The van der Waals surface area contributed by atoms with E-state index in [1.807, 2.05) is 31.2 Å². The molecule has 0 fully saturated rings. The van der Waals surface area contributed by atoms with Crippen LogP contribution in [0.3, 0.4) is 0 Å². The summed E-state index contributed by atoms with van der Waals surface area (Å²) in [5.74, 6) is -0.404. The highest BCUT2D eigenvalue weighted by Gasteiger charge is 2.21. The quantitative estimate of drug-likeness (QED) is 0.895. The van der Waals surface area contributed by atoms with E-state index in [0.29, 0.717) is 11.3 Å². The van der Waals surface area contributed by atoms with Gasteiger partial charge in [0, 0.05) is 5.56 Å². The summed E-state index contributed by atoms with van der Waals surface area (Å²) in [7, 11) is 0. The third kappa shape index (κ3) is 2.69. The third-order valence-corrected chi connectivity index (χ3v) is 2.67. The highest BCUT2D eigenvalue weighted by Crippen LogP contribution is 2.24. The molecule has 0 aliphatic carbocycles. The van der Waals surface area contributed by atoms with Crippen LogP contribution in [-0.4, -0.2) is 11.1 Å². The summed E-state index contributed by atoms with van der Waals surface area (Å²) in [4.78, 5) is 11.3. The number of aryl methyl sites for hydroxylation is 1. The maximum Gasteiger partial charge on any atom is 0.349 e. The Kier molecular flexibility index (Phi) is 3.63. The highest BCUT2D eigenvalue weighted by molar-refractivity contribution is 5.74. The molecule has 0 saturated carbocycles. The zero-order valence-corrected chi connectivity index (χ0v) is 10.0. The predicted octanol–water partition coefficient (Wildman–Crippen LogP) is 3.20. The molecule has 18 heavy (non-hydrogen) atoms. The number of hydrogen-bond acceptors (Lipinski definition) is 2. The van der Waals surface area contributed by atoms with Crippen molar-refractivity contribution in [1.82, 2.24) is 0 Å². The first-order chi connectivity index (χ1) is 8.68. The normalized spacial score (nSPS) is 11.8. The lowest BCUT2D eigenvalue weighted by molar-refractivity contribution is -0.145. The predicted molar refractivity (Wildman–Crippen MR) is 68.6 cm³/mol. The van der Waals surface area contributed by atoms with E-state index in [1.165, 1.54) is 0 Å². The molecule has 1 N–H and O–H groups in total. The molecule has 2 aromatic rings. The number of carboxylic acids is 1. The first-order valence-electron chi connectivity index (χ1n) is 5.68. The van der Waals surface area contributed by atoms with Gasteiger partial charge in [0.15, 0.2) is 0 Å². The zero-order valence-electron chi connectivity index (χ0n) is 10.0. The van der Waals surface area contributed by atoms with Crippen molar-refractivity contribution in [1.29, 1.82) is 0 Å². The summed E-state index contributed by atoms with van der Waals surface area (Å²) >= 11 is 0. The van der Waals surface area contributed by atoms with Crippen LogP contribution in [0.5, 0.6) is 5.75 Å². The SMILES string of the molecule is Cc1ccccc1O[C@@H](C(=O)O)c1ccccc1. The van der Waals surface area contributed by atoms with Gasteiger partial charge >= 0.3 is 5.97 Å². The van der Waals surface area contributed by atoms with Crippen molar-refractivity contribution in [2.24, 2.45) is 0 Å². The number of carbonyl (C=O) groups is 1. The molecule has 2 rings (SSSR count). The maximum atomic E-state index is 11.3. The van der Waals surface area contributed by atoms with Crippen molar-refractivity contribution in [2.45, 2.75) is 13.0 Å². The average Bonchev–Trinajstić information content (AvgIpc) is 2.38.